The summed E-state index contributed by atoms with van der Waals surface area (Å²) in [6.07, 6.45) is 0.421. The van der Waals surface area contributed by atoms with E-state index in [4.69, 9.17) is 0 Å². The van der Waals surface area contributed by atoms with Crippen LogP contribution in [-0.2, 0) is 16.0 Å². The summed E-state index contributed by atoms with van der Waals surface area (Å²) in [6.45, 7) is 0.0983. The number of nitro groups is 1. The van der Waals surface area contributed by atoms with Gasteiger partial charge in [0.25, 0.3) is 17.5 Å². The molecule has 0 aliphatic carbocycles. The van der Waals surface area contributed by atoms with E-state index in [0.29, 0.717) is 6.42 Å². The standard InChI is InChI=1S/C24H17F2N3O4/c25-19-11-8-17(14-20(19)26)27-22-21(16-6-9-18(10-7-16)29(32)33)23(30)28(24(22)31)13-12-15-4-2-1-3-5-15/h1-11,14,27H,12-13H2. The van der Waals surface area contributed by atoms with E-state index in [1.54, 1.807) is 0 Å². The van der Waals surface area contributed by atoms with Crippen molar-refractivity contribution in [3.05, 3.63) is 111 Å². The average molecular weight is 449 g/mol. The highest BCUT2D eigenvalue weighted by Crippen LogP contribution is 2.32. The summed E-state index contributed by atoms with van der Waals surface area (Å²) in [5, 5.41) is 13.7. The number of non-ortho nitro benzene ring substituents is 1. The van der Waals surface area contributed by atoms with Crippen molar-refractivity contribution in [2.75, 3.05) is 11.9 Å². The van der Waals surface area contributed by atoms with Crippen LogP contribution in [0.5, 0.6) is 0 Å². The van der Waals surface area contributed by atoms with Crippen LogP contribution >= 0.6 is 0 Å². The Balaban J connectivity index is 1.69. The number of benzene rings is 3. The number of hydrogen-bond acceptors (Lipinski definition) is 5. The third-order valence-corrected chi connectivity index (χ3v) is 5.19. The second kappa shape index (κ2) is 8.99. The van der Waals surface area contributed by atoms with Gasteiger partial charge >= 0.3 is 0 Å². The molecule has 3 aromatic carbocycles. The Labute approximate surface area is 187 Å². The summed E-state index contributed by atoms with van der Waals surface area (Å²) >= 11 is 0. The molecule has 1 aliphatic rings. The number of carbonyl (C=O) groups is 2. The van der Waals surface area contributed by atoms with E-state index >= 15 is 0 Å². The fourth-order valence-corrected chi connectivity index (χ4v) is 3.52. The maximum Gasteiger partial charge on any atom is 0.278 e. The van der Waals surface area contributed by atoms with E-state index < -0.39 is 28.4 Å². The number of anilines is 1. The van der Waals surface area contributed by atoms with E-state index in [9.17, 15) is 28.5 Å². The van der Waals surface area contributed by atoms with Crippen molar-refractivity contribution in [2.45, 2.75) is 6.42 Å². The number of imide groups is 1. The number of carbonyl (C=O) groups excluding carboxylic acids is 2. The molecule has 1 aliphatic heterocycles. The van der Waals surface area contributed by atoms with Gasteiger partial charge in [-0.2, -0.15) is 0 Å². The molecule has 0 saturated carbocycles. The summed E-state index contributed by atoms with van der Waals surface area (Å²) in [5.41, 5.74) is 0.991. The van der Waals surface area contributed by atoms with Crippen LogP contribution in [0.2, 0.25) is 0 Å². The molecule has 1 N–H and O–H groups in total. The monoisotopic (exact) mass is 449 g/mol. The molecular formula is C24H17F2N3O4. The highest BCUT2D eigenvalue weighted by atomic mass is 19.2. The minimum absolute atomic E-state index is 0.00677. The van der Waals surface area contributed by atoms with Crippen molar-refractivity contribution in [3.63, 3.8) is 0 Å². The number of nitrogens with one attached hydrogen (secondary N) is 1. The third kappa shape index (κ3) is 4.47. The summed E-state index contributed by atoms with van der Waals surface area (Å²) < 4.78 is 27.0. The van der Waals surface area contributed by atoms with E-state index in [1.807, 2.05) is 30.3 Å². The molecule has 3 aromatic rings. The van der Waals surface area contributed by atoms with Gasteiger partial charge < -0.3 is 5.32 Å². The van der Waals surface area contributed by atoms with Crippen molar-refractivity contribution in [1.29, 1.82) is 0 Å². The van der Waals surface area contributed by atoms with Crippen molar-refractivity contribution in [3.8, 4) is 0 Å². The van der Waals surface area contributed by atoms with Gasteiger partial charge in [0.2, 0.25) is 0 Å². The second-order valence-corrected chi connectivity index (χ2v) is 7.31. The molecular weight excluding hydrogens is 432 g/mol. The maximum atomic E-state index is 13.7. The van der Waals surface area contributed by atoms with Crippen molar-refractivity contribution in [2.24, 2.45) is 0 Å². The van der Waals surface area contributed by atoms with Crippen molar-refractivity contribution in [1.82, 2.24) is 4.90 Å². The molecule has 7 nitrogen and oxygen atoms in total. The van der Waals surface area contributed by atoms with Gasteiger partial charge in [-0.25, -0.2) is 8.78 Å². The van der Waals surface area contributed by atoms with Gasteiger partial charge in [-0.3, -0.25) is 24.6 Å². The number of rotatable bonds is 7. The highest BCUT2D eigenvalue weighted by Gasteiger charge is 2.39. The van der Waals surface area contributed by atoms with Gasteiger partial charge in [0.15, 0.2) is 11.6 Å². The average Bonchev–Trinajstić information content (AvgIpc) is 3.04. The molecule has 2 amide bonds. The zero-order valence-corrected chi connectivity index (χ0v) is 17.1. The first-order valence-electron chi connectivity index (χ1n) is 9.96. The molecule has 33 heavy (non-hydrogen) atoms. The Bertz CT molecular complexity index is 1270. The van der Waals surface area contributed by atoms with E-state index in [1.165, 1.54) is 30.3 Å². The Morgan fingerprint density at radius 1 is 0.879 bits per heavy atom. The minimum atomic E-state index is -1.12. The zero-order chi connectivity index (χ0) is 23.5. The molecule has 0 bridgehead atoms. The lowest BCUT2D eigenvalue weighted by molar-refractivity contribution is -0.384. The fourth-order valence-electron chi connectivity index (χ4n) is 3.52. The molecule has 0 aromatic heterocycles. The van der Waals surface area contributed by atoms with Gasteiger partial charge in [-0.15, -0.1) is 0 Å². The first-order valence-corrected chi connectivity index (χ1v) is 9.96. The predicted molar refractivity (Wildman–Crippen MR) is 117 cm³/mol. The first kappa shape index (κ1) is 21.8. The lowest BCUT2D eigenvalue weighted by Crippen LogP contribution is -2.34. The topological polar surface area (TPSA) is 92.5 Å². The normalized spacial score (nSPS) is 13.6. The lowest BCUT2D eigenvalue weighted by Gasteiger charge is -2.15. The molecule has 0 spiro atoms. The van der Waals surface area contributed by atoms with Crippen LogP contribution in [0.15, 0.2) is 78.5 Å². The van der Waals surface area contributed by atoms with Crippen LogP contribution in [0.4, 0.5) is 20.2 Å². The van der Waals surface area contributed by atoms with Crippen LogP contribution in [0.1, 0.15) is 11.1 Å². The van der Waals surface area contributed by atoms with Crippen LogP contribution in [0.25, 0.3) is 5.57 Å². The molecule has 0 saturated heterocycles. The fraction of sp³-hybridized carbons (Fsp3) is 0.0833. The molecule has 166 valence electrons. The Morgan fingerprint density at radius 2 is 1.58 bits per heavy atom. The quantitative estimate of drug-likeness (QED) is 0.330. The van der Waals surface area contributed by atoms with Gasteiger partial charge in [0.1, 0.15) is 5.70 Å². The van der Waals surface area contributed by atoms with E-state index in [0.717, 1.165) is 22.6 Å². The van der Waals surface area contributed by atoms with Crippen molar-refractivity contribution < 1.29 is 23.3 Å². The minimum Gasteiger partial charge on any atom is -0.350 e. The van der Waals surface area contributed by atoms with Crippen LogP contribution < -0.4 is 5.32 Å². The highest BCUT2D eigenvalue weighted by molar-refractivity contribution is 6.36. The largest absolute Gasteiger partial charge is 0.350 e. The molecule has 9 heteroatoms. The summed E-state index contributed by atoms with van der Waals surface area (Å²) in [5.74, 6) is -3.39. The number of nitrogens with zero attached hydrogens (tertiary/aromatic N) is 2. The maximum absolute atomic E-state index is 13.7. The van der Waals surface area contributed by atoms with E-state index in [2.05, 4.69) is 5.32 Å². The molecule has 0 fully saturated rings. The van der Waals surface area contributed by atoms with Crippen LogP contribution in [0, 0.1) is 21.7 Å². The summed E-state index contributed by atoms with van der Waals surface area (Å²) in [6, 6.07) is 17.5. The Hall–Kier alpha value is -4.40. The van der Waals surface area contributed by atoms with Gasteiger partial charge in [-0.05, 0) is 41.8 Å². The van der Waals surface area contributed by atoms with Crippen LogP contribution in [0.3, 0.4) is 0 Å². The van der Waals surface area contributed by atoms with Crippen molar-refractivity contribution >= 4 is 28.8 Å². The predicted octanol–water partition coefficient (Wildman–Crippen LogP) is 4.31. The summed E-state index contributed by atoms with van der Waals surface area (Å²) in [7, 11) is 0. The van der Waals surface area contributed by atoms with Gasteiger partial charge in [0, 0.05) is 30.4 Å². The summed E-state index contributed by atoms with van der Waals surface area (Å²) in [4.78, 5) is 37.8. The smallest absolute Gasteiger partial charge is 0.278 e. The Kier molecular flexibility index (Phi) is 5.95. The Morgan fingerprint density at radius 3 is 2.21 bits per heavy atom. The number of amides is 2. The second-order valence-electron chi connectivity index (χ2n) is 7.31. The first-order chi connectivity index (χ1) is 15.8. The van der Waals surface area contributed by atoms with Gasteiger partial charge in [0.05, 0.1) is 10.5 Å². The lowest BCUT2D eigenvalue weighted by atomic mass is 10.0. The molecule has 1 heterocycles. The van der Waals surface area contributed by atoms with E-state index in [-0.39, 0.29) is 34.8 Å². The number of hydrogen-bond donors (Lipinski definition) is 1. The molecule has 0 unspecified atom stereocenters. The SMILES string of the molecule is O=C1C(Nc2ccc(F)c(F)c2)=C(c2ccc([N+](=O)[O-])cc2)C(=O)N1CCc1ccccc1. The molecule has 0 radical (unpaired) electrons. The third-order valence-electron chi connectivity index (χ3n) is 5.19. The van der Waals surface area contributed by atoms with Crippen LogP contribution in [-0.4, -0.2) is 28.2 Å². The molecule has 4 rings (SSSR count). The molecule has 0 atom stereocenters. The number of halogens is 2. The van der Waals surface area contributed by atoms with Gasteiger partial charge in [-0.1, -0.05) is 30.3 Å². The number of nitro benzene ring substituents is 1. The zero-order valence-electron chi connectivity index (χ0n) is 17.1.